The minimum Gasteiger partial charge on any atom is -0.249 e. The monoisotopic (exact) mass is 529 g/mol. The maximum absolute atomic E-state index is 13.0. The van der Waals surface area contributed by atoms with Crippen LogP contribution in [0.4, 0.5) is 13.2 Å². The Morgan fingerprint density at radius 1 is 1.11 bits per heavy atom. The molecule has 1 saturated carbocycles. The number of benzene rings is 1. The molecular weight excluding hydrogens is 511 g/mol. The third kappa shape index (κ3) is 4.56. The Kier molecular flexibility index (Phi) is 5.80. The number of nitrogens with zero attached hydrogens (tertiary/aromatic N) is 5. The van der Waals surface area contributed by atoms with Gasteiger partial charge in [0, 0.05) is 41.3 Å². The zero-order valence-corrected chi connectivity index (χ0v) is 20.5. The lowest BCUT2D eigenvalue weighted by atomic mass is 9.95. The van der Waals surface area contributed by atoms with E-state index in [1.165, 1.54) is 42.3 Å². The number of rotatable bonds is 6. The molecule has 0 saturated heterocycles. The van der Waals surface area contributed by atoms with Crippen LogP contribution >= 0.6 is 11.8 Å². The van der Waals surface area contributed by atoms with Crippen LogP contribution in [-0.2, 0) is 15.3 Å². The molecule has 0 spiro atoms. The number of halogens is 3. The first-order valence-corrected chi connectivity index (χ1v) is 13.4. The van der Waals surface area contributed by atoms with Crippen molar-refractivity contribution in [3.05, 3.63) is 60.6 Å². The van der Waals surface area contributed by atoms with E-state index in [0.29, 0.717) is 10.9 Å². The highest BCUT2D eigenvalue weighted by Crippen LogP contribution is 2.47. The fourth-order valence-electron chi connectivity index (χ4n) is 3.91. The van der Waals surface area contributed by atoms with Crippen molar-refractivity contribution >= 4 is 32.5 Å². The number of pyridine rings is 2. The molecule has 0 unspecified atom stereocenters. The Bertz CT molecular complexity index is 1620. The number of thioether (sulfide) groups is 1. The van der Waals surface area contributed by atoms with Crippen LogP contribution in [0.3, 0.4) is 0 Å². The number of sulfone groups is 1. The highest BCUT2D eigenvalue weighted by atomic mass is 32.2. The quantitative estimate of drug-likeness (QED) is 0.306. The molecule has 1 aliphatic rings. The smallest absolute Gasteiger partial charge is 0.249 e. The summed E-state index contributed by atoms with van der Waals surface area (Å²) in [6.45, 7) is 1.52. The normalized spacial score (nSPS) is 15.1. The maximum Gasteiger partial charge on any atom is 0.447 e. The van der Waals surface area contributed by atoms with Crippen molar-refractivity contribution in [2.24, 2.45) is 0 Å². The van der Waals surface area contributed by atoms with E-state index in [0.717, 1.165) is 24.0 Å². The van der Waals surface area contributed by atoms with Crippen LogP contribution in [-0.4, -0.2) is 39.4 Å². The minimum atomic E-state index is -4.49. The van der Waals surface area contributed by atoms with Crippen molar-refractivity contribution in [2.75, 3.05) is 5.75 Å². The van der Waals surface area contributed by atoms with Gasteiger partial charge >= 0.3 is 5.51 Å². The van der Waals surface area contributed by atoms with Gasteiger partial charge in [-0.05, 0) is 36.1 Å². The SMILES string of the molecule is CCS(=O)(=O)c1cc(-c2ccc(C3(C#N)CC3)cc2)cnc1-n1cc2cnc(SC(F)(F)F)cc2n1. The highest BCUT2D eigenvalue weighted by molar-refractivity contribution is 8.00. The first kappa shape index (κ1) is 24.3. The summed E-state index contributed by atoms with van der Waals surface area (Å²) in [5, 5.41) is 13.9. The topological polar surface area (TPSA) is 102 Å². The van der Waals surface area contributed by atoms with E-state index in [9.17, 15) is 26.9 Å². The Morgan fingerprint density at radius 3 is 2.44 bits per heavy atom. The average Bonchev–Trinajstić information content (AvgIpc) is 3.54. The summed E-state index contributed by atoms with van der Waals surface area (Å²) in [7, 11) is -3.74. The minimum absolute atomic E-state index is 0.0415. The lowest BCUT2D eigenvalue weighted by molar-refractivity contribution is -0.0329. The van der Waals surface area contributed by atoms with Gasteiger partial charge in [0.05, 0.1) is 22.8 Å². The summed E-state index contributed by atoms with van der Waals surface area (Å²) in [6, 6.07) is 12.5. The molecule has 7 nitrogen and oxygen atoms in total. The summed E-state index contributed by atoms with van der Waals surface area (Å²) in [4.78, 5) is 8.14. The zero-order chi connectivity index (χ0) is 25.7. The van der Waals surface area contributed by atoms with Crippen molar-refractivity contribution < 1.29 is 21.6 Å². The molecule has 0 bridgehead atoms. The van der Waals surface area contributed by atoms with Crippen LogP contribution in [0.5, 0.6) is 0 Å². The van der Waals surface area contributed by atoms with Crippen molar-refractivity contribution in [1.82, 2.24) is 19.7 Å². The lowest BCUT2D eigenvalue weighted by Gasteiger charge is -2.12. The number of hydrogen-bond donors (Lipinski definition) is 0. The molecule has 1 aromatic carbocycles. The molecule has 1 aliphatic carbocycles. The maximum atomic E-state index is 13.0. The van der Waals surface area contributed by atoms with Crippen LogP contribution in [0.2, 0.25) is 0 Å². The number of fused-ring (bicyclic) bond motifs is 1. The van der Waals surface area contributed by atoms with Gasteiger partial charge in [-0.15, -0.1) is 0 Å². The Balaban J connectivity index is 1.56. The van der Waals surface area contributed by atoms with Gasteiger partial charge in [-0.2, -0.15) is 23.5 Å². The van der Waals surface area contributed by atoms with E-state index in [1.807, 2.05) is 24.3 Å². The van der Waals surface area contributed by atoms with Crippen molar-refractivity contribution in [3.63, 3.8) is 0 Å². The second-order valence-electron chi connectivity index (χ2n) is 8.42. The molecule has 0 N–H and O–H groups in total. The largest absolute Gasteiger partial charge is 0.447 e. The van der Waals surface area contributed by atoms with Crippen molar-refractivity contribution in [2.45, 2.75) is 40.6 Å². The van der Waals surface area contributed by atoms with E-state index in [-0.39, 0.29) is 38.8 Å². The Morgan fingerprint density at radius 2 is 1.83 bits per heavy atom. The molecule has 5 rings (SSSR count). The van der Waals surface area contributed by atoms with Crippen molar-refractivity contribution in [3.8, 4) is 23.0 Å². The summed E-state index contributed by atoms with van der Waals surface area (Å²) in [5.74, 6) is -0.136. The van der Waals surface area contributed by atoms with Gasteiger partial charge in [-0.25, -0.2) is 23.1 Å². The second-order valence-corrected chi connectivity index (χ2v) is 11.8. The van der Waals surface area contributed by atoms with Gasteiger partial charge in [0.15, 0.2) is 15.7 Å². The van der Waals surface area contributed by atoms with E-state index < -0.39 is 20.8 Å². The Labute approximate surface area is 208 Å². The summed E-state index contributed by atoms with van der Waals surface area (Å²) >= 11 is -0.351. The molecule has 36 heavy (non-hydrogen) atoms. The molecular formula is C24H18F3N5O2S2. The van der Waals surface area contributed by atoms with E-state index >= 15 is 0 Å². The van der Waals surface area contributed by atoms with Gasteiger partial charge in [-0.1, -0.05) is 31.2 Å². The summed E-state index contributed by atoms with van der Waals surface area (Å²) < 4.78 is 65.4. The molecule has 0 atom stereocenters. The lowest BCUT2D eigenvalue weighted by Crippen LogP contribution is -2.11. The number of hydrogen-bond acceptors (Lipinski definition) is 7. The molecule has 184 valence electrons. The molecule has 3 aromatic heterocycles. The zero-order valence-electron chi connectivity index (χ0n) is 18.8. The van der Waals surface area contributed by atoms with E-state index in [2.05, 4.69) is 21.1 Å². The average molecular weight is 530 g/mol. The van der Waals surface area contributed by atoms with Gasteiger partial charge < -0.3 is 0 Å². The molecule has 4 aromatic rings. The predicted molar refractivity (Wildman–Crippen MR) is 128 cm³/mol. The predicted octanol–water partition coefficient (Wildman–Crippen LogP) is 5.44. The first-order chi connectivity index (χ1) is 17.0. The third-order valence-electron chi connectivity index (χ3n) is 6.08. The molecule has 3 heterocycles. The number of nitriles is 1. The number of alkyl halides is 3. The van der Waals surface area contributed by atoms with Gasteiger partial charge in [-0.3, -0.25) is 0 Å². The first-order valence-electron chi connectivity index (χ1n) is 10.9. The van der Waals surface area contributed by atoms with Gasteiger partial charge in [0.25, 0.3) is 0 Å². The van der Waals surface area contributed by atoms with Crippen LogP contribution in [0.25, 0.3) is 27.8 Å². The Hall–Kier alpha value is -3.43. The fraction of sp³-hybridized carbons (Fsp3) is 0.250. The van der Waals surface area contributed by atoms with Gasteiger partial charge in [0.1, 0.15) is 9.92 Å². The van der Waals surface area contributed by atoms with E-state index in [4.69, 9.17) is 0 Å². The third-order valence-corrected chi connectivity index (χ3v) is 8.48. The fourth-order valence-corrected chi connectivity index (χ4v) is 5.46. The summed E-state index contributed by atoms with van der Waals surface area (Å²) in [6.07, 6.45) is 5.90. The van der Waals surface area contributed by atoms with E-state index in [1.54, 1.807) is 0 Å². The highest BCUT2D eigenvalue weighted by Gasteiger charge is 2.44. The molecule has 0 amide bonds. The standard InChI is InChI=1S/C24H18F3N5O2S2/c1-2-36(33,34)20-9-16(15-3-5-18(6-4-15)23(14-28)7-8-23)11-30-22(20)32-13-17-12-29-21(10-19(17)31-32)35-24(25,26)27/h3-6,9-13H,2,7-8H2,1H3. The van der Waals surface area contributed by atoms with Crippen LogP contribution in [0, 0.1) is 11.3 Å². The van der Waals surface area contributed by atoms with Crippen LogP contribution < -0.4 is 0 Å². The number of aromatic nitrogens is 4. The molecule has 0 radical (unpaired) electrons. The second kappa shape index (κ2) is 8.60. The van der Waals surface area contributed by atoms with Crippen LogP contribution in [0.15, 0.2) is 64.9 Å². The van der Waals surface area contributed by atoms with Crippen LogP contribution in [0.1, 0.15) is 25.3 Å². The van der Waals surface area contributed by atoms with Crippen molar-refractivity contribution in [1.29, 1.82) is 5.26 Å². The molecule has 12 heteroatoms. The van der Waals surface area contributed by atoms with Gasteiger partial charge in [0.2, 0.25) is 0 Å². The molecule has 0 aliphatic heterocycles. The molecule has 1 fully saturated rings. The summed E-state index contributed by atoms with van der Waals surface area (Å²) in [5.41, 5.74) is -2.45.